The van der Waals surface area contributed by atoms with E-state index >= 15 is 0 Å². The van der Waals surface area contributed by atoms with Gasteiger partial charge in [-0.3, -0.25) is 23.9 Å². The maximum Gasteiger partial charge on any atom is 0.405 e. The molecule has 0 spiro atoms. The van der Waals surface area contributed by atoms with Crippen LogP contribution in [0.15, 0.2) is 41.2 Å². The second-order valence-electron chi connectivity index (χ2n) is 15.3. The molecule has 17 heteroatoms. The molecule has 2 aliphatic heterocycles. The summed E-state index contributed by atoms with van der Waals surface area (Å²) in [6.45, 7) is 5.58. The quantitative estimate of drug-likeness (QED) is 0.271. The van der Waals surface area contributed by atoms with Crippen LogP contribution in [0.3, 0.4) is 0 Å². The number of methoxy groups -OCH3 is 1. The summed E-state index contributed by atoms with van der Waals surface area (Å²) in [4.78, 5) is 69.1. The fourth-order valence-electron chi connectivity index (χ4n) is 7.51. The first-order chi connectivity index (χ1) is 25.1. The van der Waals surface area contributed by atoms with Gasteiger partial charge in [0, 0.05) is 19.4 Å². The summed E-state index contributed by atoms with van der Waals surface area (Å²) in [5, 5.41) is 20.2. The molecular weight excluding hydrogens is 708 g/mol. The van der Waals surface area contributed by atoms with Crippen molar-refractivity contribution >= 4 is 44.6 Å². The lowest BCUT2D eigenvalue weighted by molar-refractivity contribution is -0.142. The summed E-state index contributed by atoms with van der Waals surface area (Å²) >= 11 is 0. The van der Waals surface area contributed by atoms with E-state index in [1.807, 2.05) is 19.1 Å². The Balaban J connectivity index is 1.36. The maximum absolute atomic E-state index is 14.4. The second-order valence-corrected chi connectivity index (χ2v) is 17.5. The Morgan fingerprint density at radius 1 is 1.11 bits per heavy atom. The number of carbonyl (C=O) groups excluding carboxylic acids is 3. The number of fused-ring (bicyclic) bond motifs is 3. The summed E-state index contributed by atoms with van der Waals surface area (Å²) in [6, 6.07) is 4.34. The molecular formula is C36H48N6O10S. The molecule has 0 unspecified atom stereocenters. The summed E-state index contributed by atoms with van der Waals surface area (Å²) < 4.78 is 40.2. The van der Waals surface area contributed by atoms with Gasteiger partial charge >= 0.3 is 6.09 Å². The highest BCUT2D eigenvalue weighted by Crippen LogP contribution is 2.47. The molecule has 3 heterocycles. The molecule has 16 nitrogen and oxygen atoms in total. The van der Waals surface area contributed by atoms with Gasteiger partial charge in [-0.1, -0.05) is 38.1 Å². The average Bonchev–Trinajstić information content (AvgIpc) is 3.99. The monoisotopic (exact) mass is 756 g/mol. The number of carboxylic acid groups (broad SMARTS) is 1. The lowest BCUT2D eigenvalue weighted by Crippen LogP contribution is -2.59. The van der Waals surface area contributed by atoms with Gasteiger partial charge in [-0.25, -0.2) is 17.9 Å². The van der Waals surface area contributed by atoms with Crippen LogP contribution in [0.1, 0.15) is 65.7 Å². The van der Waals surface area contributed by atoms with Crippen molar-refractivity contribution in [2.75, 3.05) is 20.3 Å². The van der Waals surface area contributed by atoms with E-state index in [0.29, 0.717) is 36.5 Å². The van der Waals surface area contributed by atoms with Gasteiger partial charge in [0.05, 0.1) is 35.2 Å². The first kappa shape index (κ1) is 38.2. The van der Waals surface area contributed by atoms with E-state index in [1.54, 1.807) is 38.1 Å². The number of hydrogen-bond acceptors (Lipinski definition) is 10. The van der Waals surface area contributed by atoms with Gasteiger partial charge in [0.1, 0.15) is 23.7 Å². The molecule has 4 amide bonds. The van der Waals surface area contributed by atoms with Gasteiger partial charge < -0.3 is 30.1 Å². The van der Waals surface area contributed by atoms with Crippen molar-refractivity contribution in [3.8, 4) is 5.88 Å². The zero-order chi connectivity index (χ0) is 38.3. The lowest BCUT2D eigenvalue weighted by Gasteiger charge is -2.32. The predicted octanol–water partition coefficient (Wildman–Crippen LogP) is 1.91. The van der Waals surface area contributed by atoms with Gasteiger partial charge in [-0.2, -0.15) is 0 Å². The number of carbonyl (C=O) groups is 4. The minimum absolute atomic E-state index is 0.0655. The summed E-state index contributed by atoms with van der Waals surface area (Å²) in [6.07, 6.45) is 4.28. The Bertz CT molecular complexity index is 1980. The molecule has 0 radical (unpaired) electrons. The molecule has 2 saturated carbocycles. The Labute approximate surface area is 307 Å². The van der Waals surface area contributed by atoms with E-state index in [-0.39, 0.29) is 49.9 Å². The third kappa shape index (κ3) is 7.77. The number of benzene rings is 1. The van der Waals surface area contributed by atoms with Crippen molar-refractivity contribution in [1.29, 1.82) is 0 Å². The number of allylic oxidation sites excluding steroid dienone is 1. The fraction of sp³-hybridized carbons (Fsp3) is 0.611. The van der Waals surface area contributed by atoms with Crippen molar-refractivity contribution in [3.63, 3.8) is 0 Å². The highest BCUT2D eigenvalue weighted by molar-refractivity contribution is 7.91. The van der Waals surface area contributed by atoms with Gasteiger partial charge in [0.15, 0.2) is 0 Å². The normalized spacial score (nSPS) is 30.5. The van der Waals surface area contributed by atoms with Crippen LogP contribution in [-0.2, 0) is 35.7 Å². The van der Waals surface area contributed by atoms with Crippen LogP contribution in [0.4, 0.5) is 4.79 Å². The van der Waals surface area contributed by atoms with Crippen LogP contribution in [0.2, 0.25) is 0 Å². The molecule has 3 fully saturated rings. The average molecular weight is 757 g/mol. The molecule has 53 heavy (non-hydrogen) atoms. The predicted molar refractivity (Wildman–Crippen MR) is 192 cm³/mol. The minimum atomic E-state index is -4.02. The first-order valence-electron chi connectivity index (χ1n) is 18.1. The molecule has 1 saturated heterocycles. The standard InChI is InChI=1S/C36H48N6O10S/c1-21-9-5-6-10-23-19-36(23,33(46)40-53(49,50)35(3)13-14-35)38-29(43)27-18-24(20-41(27)32(45)28(22(2)17-21)37-34(47)48)52-30-25-11-7-8-12-26(25)31(44)42(39-30)15-16-51-4/h6-8,10-12,21-24,27-28,37H,5,9,13-20H2,1-4H3,(H,38,43)(H,40,46)(H,47,48)/b10-6-/t21-,22-,23-,24-,27+,28+,36-/m1/s1. The molecule has 2 aliphatic carbocycles. The van der Waals surface area contributed by atoms with Gasteiger partial charge in [-0.05, 0) is 69.4 Å². The Kier molecular flexibility index (Phi) is 10.6. The van der Waals surface area contributed by atoms with Crippen molar-refractivity contribution in [3.05, 3.63) is 46.8 Å². The Morgan fingerprint density at radius 2 is 1.83 bits per heavy atom. The van der Waals surface area contributed by atoms with Crippen molar-refractivity contribution < 1.29 is 42.2 Å². The molecule has 6 rings (SSSR count). The lowest BCUT2D eigenvalue weighted by atomic mass is 9.88. The van der Waals surface area contributed by atoms with Crippen molar-refractivity contribution in [2.24, 2.45) is 17.8 Å². The molecule has 4 aliphatic rings. The Morgan fingerprint density at radius 3 is 2.51 bits per heavy atom. The number of sulfonamides is 1. The van der Waals surface area contributed by atoms with Gasteiger partial charge in [0.25, 0.3) is 11.5 Å². The molecule has 2 aromatic rings. The molecule has 288 valence electrons. The molecule has 1 aromatic heterocycles. The number of amides is 4. The largest absolute Gasteiger partial charge is 0.471 e. The highest BCUT2D eigenvalue weighted by Gasteiger charge is 2.63. The first-order valence-corrected chi connectivity index (χ1v) is 19.6. The van der Waals surface area contributed by atoms with Crippen LogP contribution < -0.4 is 25.7 Å². The van der Waals surface area contributed by atoms with Crippen LogP contribution in [0.25, 0.3) is 10.8 Å². The topological polar surface area (TPSA) is 215 Å². The third-order valence-corrected chi connectivity index (χ3v) is 13.3. The highest BCUT2D eigenvalue weighted by atomic mass is 32.2. The van der Waals surface area contributed by atoms with Crippen LogP contribution in [-0.4, -0.2) is 101 Å². The zero-order valence-electron chi connectivity index (χ0n) is 30.4. The van der Waals surface area contributed by atoms with Crippen LogP contribution in [0, 0.1) is 17.8 Å². The molecule has 0 bridgehead atoms. The van der Waals surface area contributed by atoms with E-state index in [1.165, 1.54) is 16.7 Å². The van der Waals surface area contributed by atoms with E-state index in [2.05, 4.69) is 20.5 Å². The summed E-state index contributed by atoms with van der Waals surface area (Å²) in [5.41, 5.74) is -1.93. The minimum Gasteiger partial charge on any atom is -0.471 e. The number of rotatable bonds is 9. The maximum atomic E-state index is 14.4. The number of aromatic nitrogens is 2. The summed E-state index contributed by atoms with van der Waals surface area (Å²) in [7, 11) is -2.53. The van der Waals surface area contributed by atoms with Crippen molar-refractivity contribution in [1.82, 2.24) is 30.0 Å². The van der Waals surface area contributed by atoms with E-state index in [4.69, 9.17) is 9.47 Å². The molecule has 7 atom stereocenters. The SMILES string of the molecule is COCCn1nc(O[C@@H]2C[C@H]3C(=O)N[C@]4(C(=O)NS(=O)(=O)C5(C)CC5)C[C@H]4/C=C\CC[C@@H](C)C[C@@H](C)[C@H](NC(=O)O)C(=O)N3C2)c2ccccc2c1=O. The Hall–Kier alpha value is -4.51. The van der Waals surface area contributed by atoms with E-state index in [9.17, 15) is 37.5 Å². The summed E-state index contributed by atoms with van der Waals surface area (Å²) in [5.74, 6) is -2.93. The fourth-order valence-corrected chi connectivity index (χ4v) is 8.82. The number of nitrogens with one attached hydrogen (secondary N) is 3. The zero-order valence-corrected chi connectivity index (χ0v) is 31.2. The molecule has 1 aromatic carbocycles. The van der Waals surface area contributed by atoms with Gasteiger partial charge in [0.2, 0.25) is 27.7 Å². The van der Waals surface area contributed by atoms with E-state index < -0.39 is 74.1 Å². The van der Waals surface area contributed by atoms with Gasteiger partial charge in [-0.15, -0.1) is 5.10 Å². The van der Waals surface area contributed by atoms with E-state index in [0.717, 1.165) is 6.42 Å². The smallest absolute Gasteiger partial charge is 0.405 e. The van der Waals surface area contributed by atoms with Crippen molar-refractivity contribution in [2.45, 2.75) is 101 Å². The van der Waals surface area contributed by atoms with Crippen LogP contribution in [0.5, 0.6) is 5.88 Å². The second kappa shape index (κ2) is 14.7. The van der Waals surface area contributed by atoms with Crippen LogP contribution >= 0.6 is 0 Å². The number of ether oxygens (including phenoxy) is 2. The number of nitrogens with zero attached hydrogens (tertiary/aromatic N) is 3. The number of hydrogen-bond donors (Lipinski definition) is 4. The molecule has 4 N–H and O–H groups in total. The third-order valence-electron chi connectivity index (χ3n) is 11.1.